The Labute approximate surface area is 305 Å². The Balaban J connectivity index is 1.22. The Morgan fingerprint density at radius 3 is 1.92 bits per heavy atom. The quantitative estimate of drug-likeness (QED) is 0.0859. The fourth-order valence-corrected chi connectivity index (χ4v) is 8.07. The lowest BCUT2D eigenvalue weighted by Gasteiger charge is -2.37. The molecule has 1 unspecified atom stereocenters. The van der Waals surface area contributed by atoms with E-state index in [1.807, 2.05) is 60.8 Å². The number of imidazole rings is 1. The van der Waals surface area contributed by atoms with Gasteiger partial charge in [0.05, 0.1) is 24.2 Å². The standard InChI is InChI=1S/C43H49N5O4/c49-39(31-23-24-31)40(50)37(26-30-14-5-1-6-15-30)46-42(52)38(47-41(51)36-22-13-25-44-36)27-35-28-48(29-45-35)43(32-16-7-2-8-17-32,33-18-9-3-10-19-33)34-20-11-4-12-21-34/h2-4,7-13,16-22,25,28-31,37-40,44,49-50H,1,5-6,14-15,23-24,26-27H2,(H,46,52)(H,47,51)/t37-,38?,39-,40+/m0/s1. The van der Waals surface area contributed by atoms with Crippen molar-refractivity contribution in [1.29, 1.82) is 0 Å². The molecule has 270 valence electrons. The number of benzene rings is 3. The minimum atomic E-state index is -1.10. The molecule has 2 fully saturated rings. The van der Waals surface area contributed by atoms with Crippen molar-refractivity contribution in [2.45, 2.75) is 87.6 Å². The molecule has 2 heterocycles. The lowest BCUT2D eigenvalue weighted by molar-refractivity contribution is -0.125. The highest BCUT2D eigenvalue weighted by atomic mass is 16.3. The van der Waals surface area contributed by atoms with Crippen molar-refractivity contribution in [2.24, 2.45) is 11.8 Å². The van der Waals surface area contributed by atoms with E-state index >= 15 is 0 Å². The molecular formula is C43H49N5O4. The molecule has 0 spiro atoms. The van der Waals surface area contributed by atoms with Crippen molar-refractivity contribution < 1.29 is 19.8 Å². The van der Waals surface area contributed by atoms with E-state index in [4.69, 9.17) is 4.98 Å². The summed E-state index contributed by atoms with van der Waals surface area (Å²) in [7, 11) is 0. The largest absolute Gasteiger partial charge is 0.390 e. The van der Waals surface area contributed by atoms with Crippen LogP contribution >= 0.6 is 0 Å². The summed E-state index contributed by atoms with van der Waals surface area (Å²) in [5, 5.41) is 28.5. The molecule has 0 aliphatic heterocycles. The summed E-state index contributed by atoms with van der Waals surface area (Å²) in [5.41, 5.74) is 3.29. The van der Waals surface area contributed by atoms with Gasteiger partial charge in [0.2, 0.25) is 5.91 Å². The summed E-state index contributed by atoms with van der Waals surface area (Å²) in [6.45, 7) is 0. The smallest absolute Gasteiger partial charge is 0.268 e. The maximum absolute atomic E-state index is 14.3. The van der Waals surface area contributed by atoms with Gasteiger partial charge >= 0.3 is 0 Å². The highest BCUT2D eigenvalue weighted by Crippen LogP contribution is 2.41. The highest BCUT2D eigenvalue weighted by molar-refractivity contribution is 5.96. The predicted octanol–water partition coefficient (Wildman–Crippen LogP) is 5.98. The summed E-state index contributed by atoms with van der Waals surface area (Å²) in [4.78, 5) is 35.5. The molecule has 4 atom stereocenters. The van der Waals surface area contributed by atoms with Gasteiger partial charge in [0.15, 0.2) is 0 Å². The topological polar surface area (TPSA) is 132 Å². The Kier molecular flexibility index (Phi) is 11.0. The fraction of sp³-hybridized carbons (Fsp3) is 0.372. The first-order chi connectivity index (χ1) is 25.4. The van der Waals surface area contributed by atoms with Crippen LogP contribution in [0, 0.1) is 11.8 Å². The summed E-state index contributed by atoms with van der Waals surface area (Å²) in [6, 6.07) is 32.6. The van der Waals surface area contributed by atoms with Crippen molar-refractivity contribution >= 4 is 11.8 Å². The minimum absolute atomic E-state index is 0.0483. The lowest BCUT2D eigenvalue weighted by atomic mass is 9.77. The molecule has 9 heteroatoms. The van der Waals surface area contributed by atoms with Crippen LogP contribution in [0.1, 0.15) is 84.2 Å². The number of hydrogen-bond acceptors (Lipinski definition) is 5. The zero-order chi connectivity index (χ0) is 35.9. The van der Waals surface area contributed by atoms with E-state index in [0.717, 1.165) is 55.2 Å². The van der Waals surface area contributed by atoms with Crippen LogP contribution in [0.4, 0.5) is 0 Å². The number of carbonyl (C=O) groups is 2. The maximum Gasteiger partial charge on any atom is 0.268 e. The maximum atomic E-state index is 14.3. The molecule has 2 aliphatic carbocycles. The number of aliphatic hydroxyl groups is 2. The van der Waals surface area contributed by atoms with Gasteiger partial charge in [0, 0.05) is 18.8 Å². The van der Waals surface area contributed by atoms with Crippen molar-refractivity contribution in [3.05, 3.63) is 150 Å². The summed E-state index contributed by atoms with van der Waals surface area (Å²) in [6.07, 6.45) is 11.4. The van der Waals surface area contributed by atoms with Crippen molar-refractivity contribution in [3.8, 4) is 0 Å². The number of hydrogen-bond donors (Lipinski definition) is 5. The van der Waals surface area contributed by atoms with Gasteiger partial charge in [-0.15, -0.1) is 0 Å². The molecule has 52 heavy (non-hydrogen) atoms. The zero-order valence-corrected chi connectivity index (χ0v) is 29.5. The van der Waals surface area contributed by atoms with E-state index in [0.29, 0.717) is 23.7 Å². The average molecular weight is 700 g/mol. The number of aromatic nitrogens is 3. The van der Waals surface area contributed by atoms with Gasteiger partial charge in [-0.1, -0.05) is 123 Å². The fourth-order valence-electron chi connectivity index (χ4n) is 8.07. The molecule has 0 bridgehead atoms. The molecule has 7 rings (SSSR count). The zero-order valence-electron chi connectivity index (χ0n) is 29.5. The first kappa shape index (κ1) is 35.4. The normalized spacial score (nSPS) is 17.5. The number of amides is 2. The number of aliphatic hydroxyl groups excluding tert-OH is 2. The third-order valence-corrected chi connectivity index (χ3v) is 11.0. The summed E-state index contributed by atoms with van der Waals surface area (Å²) in [5.74, 6) is -0.436. The van der Waals surface area contributed by atoms with Gasteiger partial charge in [0.25, 0.3) is 5.91 Å². The van der Waals surface area contributed by atoms with Crippen LogP contribution < -0.4 is 10.6 Å². The van der Waals surface area contributed by atoms with Crippen LogP contribution in [-0.2, 0) is 16.8 Å². The number of rotatable bonds is 15. The van der Waals surface area contributed by atoms with Gasteiger partial charge < -0.3 is 30.4 Å². The molecule has 5 N–H and O–H groups in total. The van der Waals surface area contributed by atoms with Crippen molar-refractivity contribution in [2.75, 3.05) is 0 Å². The first-order valence-corrected chi connectivity index (χ1v) is 18.7. The van der Waals surface area contributed by atoms with Gasteiger partial charge in [-0.3, -0.25) is 9.59 Å². The summed E-state index contributed by atoms with van der Waals surface area (Å²) < 4.78 is 2.09. The number of nitrogens with zero attached hydrogens (tertiary/aromatic N) is 2. The van der Waals surface area contributed by atoms with Crippen LogP contribution in [0.15, 0.2) is 122 Å². The molecule has 0 saturated heterocycles. The molecule has 2 aliphatic rings. The highest BCUT2D eigenvalue weighted by Gasteiger charge is 2.41. The van der Waals surface area contributed by atoms with Gasteiger partial charge in [-0.05, 0) is 59.9 Å². The molecular weight excluding hydrogens is 651 g/mol. The molecule has 9 nitrogen and oxygen atoms in total. The van der Waals surface area contributed by atoms with E-state index in [1.165, 1.54) is 6.42 Å². The minimum Gasteiger partial charge on any atom is -0.390 e. The second kappa shape index (κ2) is 16.1. The second-order valence-electron chi connectivity index (χ2n) is 14.6. The number of aromatic amines is 1. The third kappa shape index (κ3) is 7.76. The Hall–Kier alpha value is -4.99. The molecule has 3 aromatic carbocycles. The van der Waals surface area contributed by atoms with Crippen LogP contribution in [-0.4, -0.2) is 60.9 Å². The van der Waals surface area contributed by atoms with Crippen LogP contribution in [0.5, 0.6) is 0 Å². The Morgan fingerprint density at radius 1 is 0.788 bits per heavy atom. The number of carbonyl (C=O) groups excluding carboxylic acids is 2. The van der Waals surface area contributed by atoms with Crippen LogP contribution in [0.3, 0.4) is 0 Å². The monoisotopic (exact) mass is 699 g/mol. The van der Waals surface area contributed by atoms with E-state index in [9.17, 15) is 19.8 Å². The molecule has 0 radical (unpaired) electrons. The predicted molar refractivity (Wildman–Crippen MR) is 200 cm³/mol. The molecule has 5 aromatic rings. The Bertz CT molecular complexity index is 1770. The van der Waals surface area contributed by atoms with E-state index in [2.05, 4.69) is 56.6 Å². The molecule has 2 saturated carbocycles. The van der Waals surface area contributed by atoms with Gasteiger partial charge in [0.1, 0.15) is 23.4 Å². The van der Waals surface area contributed by atoms with Crippen LogP contribution in [0.25, 0.3) is 0 Å². The van der Waals surface area contributed by atoms with Gasteiger partial charge in [-0.2, -0.15) is 0 Å². The van der Waals surface area contributed by atoms with Gasteiger partial charge in [-0.25, -0.2) is 4.98 Å². The van der Waals surface area contributed by atoms with E-state index < -0.39 is 41.6 Å². The first-order valence-electron chi connectivity index (χ1n) is 18.7. The second-order valence-corrected chi connectivity index (χ2v) is 14.6. The van der Waals surface area contributed by atoms with E-state index in [-0.39, 0.29) is 12.3 Å². The average Bonchev–Trinajstić information content (AvgIpc) is 3.68. The Morgan fingerprint density at radius 2 is 1.38 bits per heavy atom. The van der Waals surface area contributed by atoms with Crippen LogP contribution in [0.2, 0.25) is 0 Å². The number of nitrogens with one attached hydrogen (secondary N) is 3. The summed E-state index contributed by atoms with van der Waals surface area (Å²) >= 11 is 0. The van der Waals surface area contributed by atoms with Crippen molar-refractivity contribution in [1.82, 2.24) is 25.2 Å². The molecule has 2 amide bonds. The van der Waals surface area contributed by atoms with E-state index in [1.54, 1.807) is 24.7 Å². The van der Waals surface area contributed by atoms with Crippen molar-refractivity contribution in [3.63, 3.8) is 0 Å². The number of H-pyrrole nitrogens is 1. The SMILES string of the molecule is O=C(NC(Cc1cn(C(c2ccccc2)(c2ccccc2)c2ccccc2)cn1)C(=O)N[C@@H](CC1CCCCC1)[C@@H](O)[C@@H](O)C1CC1)c1ccc[nH]1. The molecule has 2 aromatic heterocycles. The lowest BCUT2D eigenvalue weighted by Crippen LogP contribution is -2.56. The third-order valence-electron chi connectivity index (χ3n) is 11.0.